The number of rotatable bonds is 0. The topological polar surface area (TPSA) is 0 Å². The van der Waals surface area contributed by atoms with Crippen LogP contribution in [0.5, 0.6) is 0 Å². The summed E-state index contributed by atoms with van der Waals surface area (Å²) in [4.78, 5) is 0. The quantitative estimate of drug-likeness (QED) is 0.495. The molecule has 2 rings (SSSR count). The molecule has 0 radical (unpaired) electrons. The molecular weight excluding hydrogens is 239 g/mol. The molecule has 0 spiro atoms. The van der Waals surface area contributed by atoms with E-state index in [1.54, 1.807) is 0 Å². The van der Waals surface area contributed by atoms with Gasteiger partial charge in [-0.05, 0) is 0 Å². The summed E-state index contributed by atoms with van der Waals surface area (Å²) in [5.74, 6) is 0. The van der Waals surface area contributed by atoms with Gasteiger partial charge in [-0.3, -0.25) is 0 Å². The van der Waals surface area contributed by atoms with Gasteiger partial charge in [0.1, 0.15) is 0 Å². The van der Waals surface area contributed by atoms with E-state index < -0.39 is 0 Å². The summed E-state index contributed by atoms with van der Waals surface area (Å²) in [7, 11) is 0. The minimum Gasteiger partial charge on any atom is -0.214 e. The molecular formula is C10H12Cl2Ti. The molecule has 0 fully saturated rings. The third kappa shape index (κ3) is 12.0. The van der Waals surface area contributed by atoms with E-state index in [-0.39, 0.29) is 46.5 Å². The fourth-order valence-corrected chi connectivity index (χ4v) is 0.642. The Hall–Kier alpha value is -0.00571. The van der Waals surface area contributed by atoms with Crippen LogP contribution >= 0.6 is 24.8 Å². The average molecular weight is 251 g/mol. The average Bonchev–Trinajstić information content (AvgIpc) is 2.67. The van der Waals surface area contributed by atoms with Crippen LogP contribution in [0.25, 0.3) is 0 Å². The van der Waals surface area contributed by atoms with Crippen LogP contribution in [0.4, 0.5) is 0 Å². The Bertz CT molecular complexity index is 152. The van der Waals surface area contributed by atoms with Gasteiger partial charge in [0.15, 0.2) is 0 Å². The summed E-state index contributed by atoms with van der Waals surface area (Å²) in [6, 6.07) is 20.0. The molecule has 0 aliphatic rings. The third-order valence-corrected chi connectivity index (χ3v) is 1.11. The van der Waals surface area contributed by atoms with Gasteiger partial charge in [0.05, 0.1) is 0 Å². The van der Waals surface area contributed by atoms with Crippen molar-refractivity contribution in [1.82, 2.24) is 0 Å². The van der Waals surface area contributed by atoms with Crippen molar-refractivity contribution in [2.24, 2.45) is 0 Å². The molecule has 0 atom stereocenters. The van der Waals surface area contributed by atoms with Crippen molar-refractivity contribution in [1.29, 1.82) is 0 Å². The predicted octanol–water partition coefficient (Wildman–Crippen LogP) is 3.65. The molecule has 0 saturated heterocycles. The van der Waals surface area contributed by atoms with Crippen molar-refractivity contribution in [2.45, 2.75) is 0 Å². The first kappa shape index (κ1) is 18.7. The van der Waals surface area contributed by atoms with Crippen molar-refractivity contribution in [3.63, 3.8) is 0 Å². The van der Waals surface area contributed by atoms with Crippen molar-refractivity contribution >= 4 is 24.8 Å². The van der Waals surface area contributed by atoms with E-state index in [1.807, 2.05) is 60.7 Å². The van der Waals surface area contributed by atoms with Crippen molar-refractivity contribution < 1.29 is 21.7 Å². The van der Waals surface area contributed by atoms with Crippen LogP contribution in [-0.2, 0) is 21.7 Å². The van der Waals surface area contributed by atoms with Crippen molar-refractivity contribution in [3.8, 4) is 0 Å². The number of hydrogen-bond donors (Lipinski definition) is 0. The summed E-state index contributed by atoms with van der Waals surface area (Å²) in [5.41, 5.74) is 0. The molecule has 0 bridgehead atoms. The van der Waals surface area contributed by atoms with Gasteiger partial charge in [0.2, 0.25) is 0 Å². The molecule has 0 heterocycles. The van der Waals surface area contributed by atoms with Crippen LogP contribution in [0.1, 0.15) is 0 Å². The zero-order valence-electron chi connectivity index (χ0n) is 7.09. The Balaban J connectivity index is -0.000000125. The normalized spacial score (nSPS) is 6.15. The molecule has 0 saturated carbocycles. The van der Waals surface area contributed by atoms with E-state index in [2.05, 4.69) is 0 Å². The Morgan fingerprint density at radius 2 is 0.769 bits per heavy atom. The SMILES string of the molecule is Cl.Cl.[Ti+2].c1cc[cH-]c1.c1cc[cH-]c1. The summed E-state index contributed by atoms with van der Waals surface area (Å²) < 4.78 is 0. The molecule has 3 heteroatoms. The molecule has 2 aromatic carbocycles. The molecule has 0 aliphatic carbocycles. The maximum absolute atomic E-state index is 2.00. The fraction of sp³-hybridized carbons (Fsp3) is 0. The first-order valence-electron chi connectivity index (χ1n) is 3.33. The molecule has 0 nitrogen and oxygen atoms in total. The predicted molar refractivity (Wildman–Crippen MR) is 58.6 cm³/mol. The first-order chi connectivity index (χ1) is 5.00. The Kier molecular flexibility index (Phi) is 20.9. The number of hydrogen-bond acceptors (Lipinski definition) is 0. The molecule has 2 aromatic rings. The minimum absolute atomic E-state index is 0. The third-order valence-electron chi connectivity index (χ3n) is 1.11. The molecule has 0 N–H and O–H groups in total. The second-order valence-electron chi connectivity index (χ2n) is 1.92. The summed E-state index contributed by atoms with van der Waals surface area (Å²) in [6.07, 6.45) is 0. The van der Waals surface area contributed by atoms with Crippen LogP contribution in [-0.4, -0.2) is 0 Å². The van der Waals surface area contributed by atoms with Gasteiger partial charge in [-0.15, -0.1) is 24.8 Å². The van der Waals surface area contributed by atoms with Crippen LogP contribution in [0.3, 0.4) is 0 Å². The van der Waals surface area contributed by atoms with E-state index in [9.17, 15) is 0 Å². The van der Waals surface area contributed by atoms with Crippen molar-refractivity contribution in [3.05, 3.63) is 60.7 Å². The van der Waals surface area contributed by atoms with E-state index in [0.717, 1.165) is 0 Å². The van der Waals surface area contributed by atoms with Gasteiger partial charge in [-0.2, -0.15) is 36.4 Å². The van der Waals surface area contributed by atoms with E-state index in [0.29, 0.717) is 0 Å². The smallest absolute Gasteiger partial charge is 0.214 e. The zero-order valence-corrected chi connectivity index (χ0v) is 10.3. The maximum Gasteiger partial charge on any atom is 2.00 e. The van der Waals surface area contributed by atoms with Gasteiger partial charge in [-0.25, -0.2) is 24.3 Å². The van der Waals surface area contributed by atoms with Crippen LogP contribution in [0.15, 0.2) is 60.7 Å². The van der Waals surface area contributed by atoms with Gasteiger partial charge >= 0.3 is 21.7 Å². The molecule has 0 unspecified atom stereocenters. The van der Waals surface area contributed by atoms with Gasteiger partial charge in [0.25, 0.3) is 0 Å². The summed E-state index contributed by atoms with van der Waals surface area (Å²) >= 11 is 0. The van der Waals surface area contributed by atoms with Crippen LogP contribution < -0.4 is 0 Å². The van der Waals surface area contributed by atoms with Gasteiger partial charge in [0, 0.05) is 0 Å². The van der Waals surface area contributed by atoms with E-state index >= 15 is 0 Å². The minimum atomic E-state index is 0. The van der Waals surface area contributed by atoms with Gasteiger partial charge in [-0.1, -0.05) is 0 Å². The monoisotopic (exact) mass is 250 g/mol. The molecule has 13 heavy (non-hydrogen) atoms. The fourth-order valence-electron chi connectivity index (χ4n) is 0.642. The van der Waals surface area contributed by atoms with Gasteiger partial charge < -0.3 is 0 Å². The summed E-state index contributed by atoms with van der Waals surface area (Å²) in [6.45, 7) is 0. The van der Waals surface area contributed by atoms with E-state index in [1.165, 1.54) is 0 Å². The maximum atomic E-state index is 2.00. The second-order valence-corrected chi connectivity index (χ2v) is 1.92. The molecule has 0 aliphatic heterocycles. The Labute approximate surface area is 107 Å². The van der Waals surface area contributed by atoms with Crippen molar-refractivity contribution in [2.75, 3.05) is 0 Å². The first-order valence-corrected chi connectivity index (χ1v) is 3.33. The van der Waals surface area contributed by atoms with E-state index in [4.69, 9.17) is 0 Å². The Morgan fingerprint density at radius 1 is 0.538 bits per heavy atom. The second kappa shape index (κ2) is 14.5. The standard InChI is InChI=1S/2C5H5.2ClH.Ti/c2*1-2-4-5-3-1;;;/h2*1-5H;2*1H;/q2*-1;;;+2. The van der Waals surface area contributed by atoms with Crippen LogP contribution in [0, 0.1) is 0 Å². The molecule has 0 amide bonds. The molecule has 0 aromatic heterocycles. The Morgan fingerprint density at radius 3 is 0.846 bits per heavy atom. The number of halogens is 2. The summed E-state index contributed by atoms with van der Waals surface area (Å²) in [5, 5.41) is 0. The van der Waals surface area contributed by atoms with Crippen LogP contribution in [0.2, 0.25) is 0 Å². The zero-order chi connectivity index (χ0) is 7.07. The molecule has 70 valence electrons. The largest absolute Gasteiger partial charge is 2.00 e.